The van der Waals surface area contributed by atoms with Gasteiger partial charge in [0.15, 0.2) is 12.2 Å². The molecule has 1 aliphatic heterocycles. The molecule has 0 bridgehead atoms. The van der Waals surface area contributed by atoms with Gasteiger partial charge in [-0.15, -0.1) is 0 Å². The number of methoxy groups -OCH3 is 1. The van der Waals surface area contributed by atoms with Crippen molar-refractivity contribution >= 4 is 5.97 Å². The summed E-state index contributed by atoms with van der Waals surface area (Å²) in [5.74, 6) is 3.62. The van der Waals surface area contributed by atoms with Gasteiger partial charge in [-0.2, -0.15) is 0 Å². The molecule has 2 aliphatic rings. The predicted octanol–water partition coefficient (Wildman–Crippen LogP) is 4.40. The van der Waals surface area contributed by atoms with Gasteiger partial charge in [0.2, 0.25) is 0 Å². The quantitative estimate of drug-likeness (QED) is 0.523. The summed E-state index contributed by atoms with van der Waals surface area (Å²) < 4.78 is 15.8. The Kier molecular flexibility index (Phi) is 6.16. The van der Waals surface area contributed by atoms with Crippen molar-refractivity contribution < 1.29 is 18.8 Å². The predicted molar refractivity (Wildman–Crippen MR) is 116 cm³/mol. The number of hydrogen-bond donors (Lipinski definition) is 0. The maximum Gasteiger partial charge on any atom is 0.348 e. The summed E-state index contributed by atoms with van der Waals surface area (Å²) >= 11 is 0. The molecule has 0 spiro atoms. The molecule has 0 radical (unpaired) electrons. The molecule has 1 fully saturated rings. The lowest BCUT2D eigenvalue weighted by atomic mass is 9.75. The van der Waals surface area contributed by atoms with E-state index < -0.39 is 0 Å². The van der Waals surface area contributed by atoms with Crippen LogP contribution in [-0.2, 0) is 29.0 Å². The summed E-state index contributed by atoms with van der Waals surface area (Å²) in [5.41, 5.74) is 2.30. The van der Waals surface area contributed by atoms with Crippen molar-refractivity contribution in [3.8, 4) is 17.0 Å². The van der Waals surface area contributed by atoms with Gasteiger partial charge >= 0.3 is 5.97 Å². The summed E-state index contributed by atoms with van der Waals surface area (Å²) in [6, 6.07) is 8.14. The van der Waals surface area contributed by atoms with Gasteiger partial charge in [-0.1, -0.05) is 27.2 Å². The fraction of sp³-hybridized carbons (Fsp3) is 0.600. The average molecular weight is 412 g/mol. The monoisotopic (exact) mass is 411 g/mol. The first-order valence-electron chi connectivity index (χ1n) is 11.4. The number of ether oxygens (including phenoxy) is 2. The molecule has 5 nitrogen and oxygen atoms in total. The number of nitrogens with zero attached hydrogens (tertiary/aromatic N) is 2. The fourth-order valence-corrected chi connectivity index (χ4v) is 5.23. The highest BCUT2D eigenvalue weighted by Crippen LogP contribution is 2.35. The molecule has 0 unspecified atom stereocenters. The first kappa shape index (κ1) is 21.0. The van der Waals surface area contributed by atoms with E-state index in [0.717, 1.165) is 49.2 Å². The summed E-state index contributed by atoms with van der Waals surface area (Å²) in [4.78, 5) is 12.9. The van der Waals surface area contributed by atoms with E-state index in [2.05, 4.69) is 48.2 Å². The Balaban J connectivity index is 1.51. The Hall–Kier alpha value is -2.30. The number of hydrogen-bond acceptors (Lipinski definition) is 3. The van der Waals surface area contributed by atoms with Gasteiger partial charge in [-0.3, -0.25) is 0 Å². The van der Waals surface area contributed by atoms with E-state index in [1.165, 1.54) is 12.2 Å². The lowest BCUT2D eigenvalue weighted by Crippen LogP contribution is -2.43. The molecule has 0 N–H and O–H groups in total. The van der Waals surface area contributed by atoms with E-state index in [9.17, 15) is 4.79 Å². The van der Waals surface area contributed by atoms with Crippen LogP contribution in [0.2, 0.25) is 0 Å². The molecule has 1 aromatic carbocycles. The summed E-state index contributed by atoms with van der Waals surface area (Å²) in [5, 5.41) is 0. The van der Waals surface area contributed by atoms with E-state index in [-0.39, 0.29) is 12.1 Å². The molecule has 3 atom stereocenters. The van der Waals surface area contributed by atoms with Crippen molar-refractivity contribution in [3.05, 3.63) is 36.3 Å². The summed E-state index contributed by atoms with van der Waals surface area (Å²) in [6.45, 7) is 8.06. The van der Waals surface area contributed by atoms with Crippen molar-refractivity contribution in [2.24, 2.45) is 17.8 Å². The van der Waals surface area contributed by atoms with E-state index in [1.807, 2.05) is 12.1 Å². The lowest BCUT2D eigenvalue weighted by molar-refractivity contribution is -0.692. The van der Waals surface area contributed by atoms with Crippen molar-refractivity contribution in [3.63, 3.8) is 0 Å². The Morgan fingerprint density at radius 3 is 2.70 bits per heavy atom. The van der Waals surface area contributed by atoms with Crippen LogP contribution >= 0.6 is 0 Å². The SMILES string of the molecule is COc1ccc(-c2c[n+](CC(=O)O[C@@H]3C[C@H](C)CC[C@@H]3C(C)C)c3n2CCC3)cc1. The molecule has 162 valence electrons. The van der Waals surface area contributed by atoms with E-state index in [1.54, 1.807) is 7.11 Å². The van der Waals surface area contributed by atoms with Gasteiger partial charge in [0.05, 0.1) is 20.1 Å². The highest BCUT2D eigenvalue weighted by Gasteiger charge is 2.35. The van der Waals surface area contributed by atoms with Crippen LogP contribution < -0.4 is 9.30 Å². The van der Waals surface area contributed by atoms with Gasteiger partial charge in [0.25, 0.3) is 5.82 Å². The molecular weight excluding hydrogens is 376 g/mol. The summed E-state index contributed by atoms with van der Waals surface area (Å²) in [7, 11) is 1.68. The normalized spacial score (nSPS) is 23.4. The second-order valence-electron chi connectivity index (χ2n) is 9.40. The number of carbonyl (C=O) groups excluding carboxylic acids is 1. The zero-order valence-corrected chi connectivity index (χ0v) is 18.8. The fourth-order valence-electron chi connectivity index (χ4n) is 5.23. The molecular formula is C25H35N2O3+. The zero-order valence-electron chi connectivity index (χ0n) is 18.8. The van der Waals surface area contributed by atoms with Gasteiger partial charge < -0.3 is 9.47 Å². The number of aromatic nitrogens is 2. The Morgan fingerprint density at radius 2 is 2.00 bits per heavy atom. The second-order valence-corrected chi connectivity index (χ2v) is 9.40. The Bertz CT molecular complexity index is 885. The van der Waals surface area contributed by atoms with Crippen molar-refractivity contribution in [2.45, 2.75) is 72.1 Å². The minimum absolute atomic E-state index is 0.0542. The van der Waals surface area contributed by atoms with E-state index >= 15 is 0 Å². The molecule has 1 aliphatic carbocycles. The molecule has 30 heavy (non-hydrogen) atoms. The number of rotatable bonds is 6. The van der Waals surface area contributed by atoms with Crippen LogP contribution in [0, 0.1) is 17.8 Å². The number of imidazole rings is 1. The standard InChI is InChI=1S/C25H35N2O3/c1-17(2)21-12-7-18(3)14-23(21)30-25(28)16-26-15-22(27-13-5-6-24(26)27)19-8-10-20(29-4)11-9-19/h8-11,15,17-18,21,23H,5-7,12-14,16H2,1-4H3/q+1/t18-,21-,23-/m1/s1. The number of benzene rings is 1. The zero-order chi connectivity index (χ0) is 21.3. The first-order valence-corrected chi connectivity index (χ1v) is 11.4. The third kappa shape index (κ3) is 4.26. The van der Waals surface area contributed by atoms with Gasteiger partial charge in [-0.25, -0.2) is 13.9 Å². The largest absolute Gasteiger partial charge is 0.497 e. The number of carbonyl (C=O) groups is 1. The maximum absolute atomic E-state index is 12.9. The van der Waals surface area contributed by atoms with Crippen LogP contribution in [0.5, 0.6) is 5.75 Å². The molecule has 5 heteroatoms. The van der Waals surface area contributed by atoms with Crippen LogP contribution in [0.3, 0.4) is 0 Å². The minimum Gasteiger partial charge on any atom is -0.497 e. The number of fused-ring (bicyclic) bond motifs is 1. The average Bonchev–Trinajstić information content (AvgIpc) is 3.32. The van der Waals surface area contributed by atoms with Crippen molar-refractivity contribution in [2.75, 3.05) is 7.11 Å². The van der Waals surface area contributed by atoms with Crippen LogP contribution in [0.1, 0.15) is 52.3 Å². The van der Waals surface area contributed by atoms with E-state index in [4.69, 9.17) is 9.47 Å². The Morgan fingerprint density at radius 1 is 1.23 bits per heavy atom. The smallest absolute Gasteiger partial charge is 0.348 e. The third-order valence-corrected chi connectivity index (χ3v) is 6.92. The molecule has 1 saturated carbocycles. The minimum atomic E-state index is -0.105. The highest BCUT2D eigenvalue weighted by atomic mass is 16.5. The van der Waals surface area contributed by atoms with Crippen LogP contribution in [0.25, 0.3) is 11.3 Å². The molecule has 2 heterocycles. The molecule has 4 rings (SSSR count). The van der Waals surface area contributed by atoms with Crippen LogP contribution in [0.4, 0.5) is 0 Å². The van der Waals surface area contributed by atoms with Gasteiger partial charge in [-0.05, 0) is 61.3 Å². The molecule has 2 aromatic rings. The first-order chi connectivity index (χ1) is 14.5. The maximum atomic E-state index is 12.9. The summed E-state index contributed by atoms with van der Waals surface area (Å²) in [6.07, 6.45) is 7.67. The topological polar surface area (TPSA) is 44.3 Å². The Labute approximate surface area is 180 Å². The van der Waals surface area contributed by atoms with Crippen molar-refractivity contribution in [1.82, 2.24) is 4.57 Å². The molecule has 0 saturated heterocycles. The van der Waals surface area contributed by atoms with Crippen LogP contribution in [-0.4, -0.2) is 23.8 Å². The van der Waals surface area contributed by atoms with Crippen molar-refractivity contribution in [1.29, 1.82) is 0 Å². The molecule has 0 amide bonds. The lowest BCUT2D eigenvalue weighted by Gasteiger charge is -2.36. The van der Waals surface area contributed by atoms with E-state index in [0.29, 0.717) is 24.3 Å². The molecule has 1 aromatic heterocycles. The third-order valence-electron chi connectivity index (χ3n) is 6.92. The van der Waals surface area contributed by atoms with Crippen LogP contribution in [0.15, 0.2) is 30.5 Å². The van der Waals surface area contributed by atoms with Gasteiger partial charge in [0.1, 0.15) is 18.1 Å². The second kappa shape index (κ2) is 8.83. The van der Waals surface area contributed by atoms with Gasteiger partial charge in [0, 0.05) is 5.56 Å². The highest BCUT2D eigenvalue weighted by molar-refractivity contribution is 5.68. The number of esters is 1.